The van der Waals surface area contributed by atoms with E-state index in [0.29, 0.717) is 6.42 Å². The number of H-pyrrole nitrogens is 1. The Morgan fingerprint density at radius 2 is 2.07 bits per heavy atom. The minimum Gasteiger partial charge on any atom is -0.457 e. The molecule has 158 valence electrons. The van der Waals surface area contributed by atoms with E-state index >= 15 is 0 Å². The number of carbonyl (C=O) groups excluding carboxylic acids is 2. The first-order valence-corrected chi connectivity index (χ1v) is 9.39. The maximum Gasteiger partial charge on any atom is 0.374 e. The van der Waals surface area contributed by atoms with E-state index in [0.717, 1.165) is 11.3 Å². The number of amides is 1. The second-order valence-electron chi connectivity index (χ2n) is 6.95. The molecule has 2 rings (SSSR count). The van der Waals surface area contributed by atoms with E-state index in [2.05, 4.69) is 4.98 Å². The lowest BCUT2D eigenvalue weighted by Gasteiger charge is -2.24. The maximum absolute atomic E-state index is 12.8. The molecule has 29 heavy (non-hydrogen) atoms. The summed E-state index contributed by atoms with van der Waals surface area (Å²) in [6.07, 6.45) is 2.64. The van der Waals surface area contributed by atoms with Crippen molar-refractivity contribution < 1.29 is 18.7 Å². The van der Waals surface area contributed by atoms with Crippen LogP contribution in [0.25, 0.3) is 0 Å². The number of nitrogens with two attached hydrogens (primary N) is 1. The normalized spacial score (nSPS) is 10.9. The molecule has 2 heterocycles. The molecule has 0 unspecified atom stereocenters. The second kappa shape index (κ2) is 9.76. The van der Waals surface area contributed by atoms with Crippen LogP contribution >= 0.6 is 0 Å². The minimum absolute atomic E-state index is 0.0410. The fourth-order valence-corrected chi connectivity index (χ4v) is 2.73. The fourth-order valence-electron chi connectivity index (χ4n) is 2.73. The monoisotopic (exact) mass is 406 g/mol. The molecule has 0 spiro atoms. The SMILES string of the molecule is CCCCN(C(=O)COC(=O)c1ccco1)c1c(N)n(CC(C)C)c(=O)[nH]c1=O. The lowest BCUT2D eigenvalue weighted by molar-refractivity contribution is -0.121. The van der Waals surface area contributed by atoms with E-state index in [1.54, 1.807) is 0 Å². The standard InChI is InChI=1S/C19H26N4O6/c1-4-5-8-22(14(24)11-29-18(26)13-7-6-9-28-13)15-16(20)23(10-12(2)3)19(27)21-17(15)25/h6-7,9,12H,4-5,8,10-11,20H2,1-3H3,(H,21,25,27). The zero-order chi connectivity index (χ0) is 21.6. The molecule has 0 aliphatic carbocycles. The predicted molar refractivity (Wildman–Crippen MR) is 107 cm³/mol. The maximum atomic E-state index is 12.8. The van der Waals surface area contributed by atoms with Crippen molar-refractivity contribution in [2.45, 2.75) is 40.2 Å². The molecule has 0 bridgehead atoms. The molecule has 2 aromatic rings. The highest BCUT2D eigenvalue weighted by Gasteiger charge is 2.25. The zero-order valence-corrected chi connectivity index (χ0v) is 16.8. The van der Waals surface area contributed by atoms with Gasteiger partial charge in [-0.05, 0) is 24.5 Å². The Bertz CT molecular complexity index is 958. The first-order valence-electron chi connectivity index (χ1n) is 9.39. The van der Waals surface area contributed by atoms with Crippen molar-refractivity contribution in [2.75, 3.05) is 23.8 Å². The number of hydrogen-bond acceptors (Lipinski definition) is 7. The second-order valence-corrected chi connectivity index (χ2v) is 6.95. The molecule has 0 saturated heterocycles. The fraction of sp³-hybridized carbons (Fsp3) is 0.474. The Hall–Kier alpha value is -3.30. The van der Waals surface area contributed by atoms with Gasteiger partial charge in [0.25, 0.3) is 11.5 Å². The van der Waals surface area contributed by atoms with E-state index in [1.165, 1.54) is 23.0 Å². The molecule has 0 saturated carbocycles. The third-order valence-corrected chi connectivity index (χ3v) is 4.12. The van der Waals surface area contributed by atoms with E-state index in [4.69, 9.17) is 14.9 Å². The van der Waals surface area contributed by atoms with E-state index in [1.807, 2.05) is 20.8 Å². The summed E-state index contributed by atoms with van der Waals surface area (Å²) in [7, 11) is 0. The quantitative estimate of drug-likeness (QED) is 0.599. The Morgan fingerprint density at radius 3 is 2.66 bits per heavy atom. The largest absolute Gasteiger partial charge is 0.457 e. The van der Waals surface area contributed by atoms with Crippen molar-refractivity contribution in [1.29, 1.82) is 0 Å². The van der Waals surface area contributed by atoms with E-state index < -0.39 is 29.7 Å². The van der Waals surface area contributed by atoms with Crippen molar-refractivity contribution in [3.05, 3.63) is 45.0 Å². The van der Waals surface area contributed by atoms with Crippen molar-refractivity contribution in [2.24, 2.45) is 5.92 Å². The minimum atomic E-state index is -0.801. The zero-order valence-electron chi connectivity index (χ0n) is 16.8. The third kappa shape index (κ3) is 5.37. The van der Waals surface area contributed by atoms with Crippen LogP contribution in [0.15, 0.2) is 32.4 Å². The first kappa shape index (κ1) is 22.0. The highest BCUT2D eigenvalue weighted by atomic mass is 16.5. The lowest BCUT2D eigenvalue weighted by Crippen LogP contribution is -2.43. The van der Waals surface area contributed by atoms with E-state index in [9.17, 15) is 19.2 Å². The number of unbranched alkanes of at least 4 members (excludes halogenated alkanes) is 1. The molecule has 10 heteroatoms. The topological polar surface area (TPSA) is 141 Å². The summed E-state index contributed by atoms with van der Waals surface area (Å²) >= 11 is 0. The van der Waals surface area contributed by atoms with Crippen LogP contribution < -0.4 is 21.9 Å². The van der Waals surface area contributed by atoms with Gasteiger partial charge in [-0.3, -0.25) is 19.1 Å². The van der Waals surface area contributed by atoms with Gasteiger partial charge in [0, 0.05) is 13.1 Å². The number of esters is 1. The van der Waals surface area contributed by atoms with E-state index in [-0.39, 0.29) is 36.3 Å². The number of rotatable bonds is 9. The highest BCUT2D eigenvalue weighted by Crippen LogP contribution is 2.19. The van der Waals surface area contributed by atoms with Crippen LogP contribution in [0.4, 0.5) is 11.5 Å². The number of hydrogen-bond donors (Lipinski definition) is 2. The molecule has 2 aromatic heterocycles. The van der Waals surface area contributed by atoms with Gasteiger partial charge in [0.2, 0.25) is 5.76 Å². The van der Waals surface area contributed by atoms with Crippen LogP contribution in [0.3, 0.4) is 0 Å². The van der Waals surface area contributed by atoms with Gasteiger partial charge in [-0.2, -0.15) is 0 Å². The summed E-state index contributed by atoms with van der Waals surface area (Å²) < 4.78 is 11.1. The Kier molecular flexibility index (Phi) is 7.40. The number of nitrogens with one attached hydrogen (secondary N) is 1. The van der Waals surface area contributed by atoms with Gasteiger partial charge in [0.1, 0.15) is 5.82 Å². The number of aromatic amines is 1. The number of aromatic nitrogens is 2. The van der Waals surface area contributed by atoms with Gasteiger partial charge in [-0.1, -0.05) is 27.2 Å². The molecule has 0 radical (unpaired) electrons. The Labute approximate surface area is 167 Å². The van der Waals surface area contributed by atoms with Crippen LogP contribution in [0.2, 0.25) is 0 Å². The predicted octanol–water partition coefficient (Wildman–Crippen LogP) is 1.36. The van der Waals surface area contributed by atoms with Crippen LogP contribution in [0.1, 0.15) is 44.2 Å². The third-order valence-electron chi connectivity index (χ3n) is 4.12. The first-order chi connectivity index (χ1) is 13.8. The summed E-state index contributed by atoms with van der Waals surface area (Å²) in [5.41, 5.74) is 4.57. The summed E-state index contributed by atoms with van der Waals surface area (Å²) in [4.78, 5) is 52.7. The average molecular weight is 406 g/mol. The number of carbonyl (C=O) groups is 2. The number of ether oxygens (including phenoxy) is 1. The lowest BCUT2D eigenvalue weighted by atomic mass is 10.2. The number of nitrogen functional groups attached to an aromatic ring is 1. The summed E-state index contributed by atoms with van der Waals surface area (Å²) in [5.74, 6) is -1.49. The molecular formula is C19H26N4O6. The summed E-state index contributed by atoms with van der Waals surface area (Å²) in [5, 5.41) is 0. The molecule has 3 N–H and O–H groups in total. The smallest absolute Gasteiger partial charge is 0.374 e. The van der Waals surface area contributed by atoms with Crippen molar-refractivity contribution in [1.82, 2.24) is 9.55 Å². The summed E-state index contributed by atoms with van der Waals surface area (Å²) in [6, 6.07) is 2.93. The van der Waals surface area contributed by atoms with Gasteiger partial charge < -0.3 is 19.8 Å². The van der Waals surface area contributed by atoms with Crippen LogP contribution in [-0.4, -0.2) is 34.6 Å². The van der Waals surface area contributed by atoms with Gasteiger partial charge in [-0.25, -0.2) is 9.59 Å². The molecule has 0 aliphatic rings. The molecule has 0 aromatic carbocycles. The van der Waals surface area contributed by atoms with Crippen LogP contribution in [0.5, 0.6) is 0 Å². The van der Waals surface area contributed by atoms with Gasteiger partial charge in [0.05, 0.1) is 6.26 Å². The summed E-state index contributed by atoms with van der Waals surface area (Å²) in [6.45, 7) is 5.56. The van der Waals surface area contributed by atoms with Crippen LogP contribution in [-0.2, 0) is 16.1 Å². The molecule has 0 fully saturated rings. The molecular weight excluding hydrogens is 380 g/mol. The van der Waals surface area contributed by atoms with Crippen LogP contribution in [0, 0.1) is 5.92 Å². The molecule has 10 nitrogen and oxygen atoms in total. The number of furan rings is 1. The van der Waals surface area contributed by atoms with Crippen molar-refractivity contribution in [3.8, 4) is 0 Å². The van der Waals surface area contributed by atoms with Crippen molar-refractivity contribution in [3.63, 3.8) is 0 Å². The molecule has 0 aliphatic heterocycles. The van der Waals surface area contributed by atoms with Crippen molar-refractivity contribution >= 4 is 23.4 Å². The Morgan fingerprint density at radius 1 is 1.34 bits per heavy atom. The number of anilines is 2. The Balaban J connectivity index is 2.33. The van der Waals surface area contributed by atoms with Gasteiger partial charge >= 0.3 is 11.7 Å². The molecule has 0 atom stereocenters. The number of nitrogens with zero attached hydrogens (tertiary/aromatic N) is 2. The van der Waals surface area contributed by atoms with Gasteiger partial charge in [0.15, 0.2) is 12.3 Å². The van der Waals surface area contributed by atoms with Gasteiger partial charge in [-0.15, -0.1) is 0 Å². The average Bonchev–Trinajstić information content (AvgIpc) is 3.20. The highest BCUT2D eigenvalue weighted by molar-refractivity contribution is 5.98. The molecule has 1 amide bonds.